The number of halogens is 1. The molecule has 7 nitrogen and oxygen atoms in total. The van der Waals surface area contributed by atoms with E-state index in [1.165, 1.54) is 42.6 Å². The van der Waals surface area contributed by atoms with E-state index >= 15 is 0 Å². The van der Waals surface area contributed by atoms with Crippen molar-refractivity contribution in [3.63, 3.8) is 0 Å². The first-order valence-corrected chi connectivity index (χ1v) is 14.9. The van der Waals surface area contributed by atoms with Crippen LogP contribution in [0.3, 0.4) is 0 Å². The van der Waals surface area contributed by atoms with Crippen molar-refractivity contribution in [2.45, 2.75) is 83.9 Å². The number of hydrogen-bond acceptors (Lipinski definition) is 5. The zero-order valence-electron chi connectivity index (χ0n) is 24.0. The van der Waals surface area contributed by atoms with Crippen molar-refractivity contribution >= 4 is 22.8 Å². The Hall–Kier alpha value is -3.52. The number of ether oxygens (including phenoxy) is 1. The molecule has 2 heterocycles. The van der Waals surface area contributed by atoms with Gasteiger partial charge in [-0.2, -0.15) is 0 Å². The summed E-state index contributed by atoms with van der Waals surface area (Å²) < 4.78 is 25.1. The molecule has 1 aromatic heterocycles. The van der Waals surface area contributed by atoms with Gasteiger partial charge < -0.3 is 19.0 Å². The maximum atomic E-state index is 13.8. The quantitative estimate of drug-likeness (QED) is 0.205. The maximum absolute atomic E-state index is 13.8. The van der Waals surface area contributed by atoms with E-state index in [-0.39, 0.29) is 48.8 Å². The molecular formula is C33H41FN2O5. The molecule has 2 amide bonds. The Morgan fingerprint density at radius 1 is 0.927 bits per heavy atom. The summed E-state index contributed by atoms with van der Waals surface area (Å²) in [4.78, 5) is 43.5. The molecule has 0 saturated carbocycles. The van der Waals surface area contributed by atoms with E-state index in [9.17, 15) is 18.8 Å². The average molecular weight is 565 g/mol. The molecule has 1 fully saturated rings. The van der Waals surface area contributed by atoms with E-state index < -0.39 is 0 Å². The van der Waals surface area contributed by atoms with E-state index in [4.69, 9.17) is 9.15 Å². The van der Waals surface area contributed by atoms with E-state index in [1.807, 2.05) is 0 Å². The molecule has 1 saturated heterocycles. The molecule has 0 spiro atoms. The van der Waals surface area contributed by atoms with Crippen LogP contribution >= 0.6 is 0 Å². The summed E-state index contributed by atoms with van der Waals surface area (Å²) in [7, 11) is 0. The predicted octanol–water partition coefficient (Wildman–Crippen LogP) is 6.22. The molecule has 0 radical (unpaired) electrons. The third-order valence-corrected chi connectivity index (χ3v) is 7.62. The van der Waals surface area contributed by atoms with E-state index in [0.29, 0.717) is 41.7 Å². The monoisotopic (exact) mass is 564 g/mol. The van der Waals surface area contributed by atoms with Crippen molar-refractivity contribution in [1.82, 2.24) is 9.80 Å². The van der Waals surface area contributed by atoms with Crippen LogP contribution in [0.25, 0.3) is 11.0 Å². The largest absolute Gasteiger partial charge is 0.464 e. The molecule has 1 aliphatic rings. The first-order valence-electron chi connectivity index (χ1n) is 14.9. The Balaban J connectivity index is 1.51. The summed E-state index contributed by atoms with van der Waals surface area (Å²) in [5, 5.41) is 0.438. The molecule has 0 bridgehead atoms. The molecule has 8 heteroatoms. The van der Waals surface area contributed by atoms with E-state index in [2.05, 4.69) is 6.92 Å². The van der Waals surface area contributed by atoms with Crippen LogP contribution in [0.4, 0.5) is 4.39 Å². The summed E-state index contributed by atoms with van der Waals surface area (Å²) in [6.07, 6.45) is 9.90. The molecule has 2 aromatic carbocycles. The second kappa shape index (κ2) is 15.5. The number of unbranched alkanes of at least 4 members (excludes halogenated alkanes) is 5. The number of para-hydroxylation sites is 1. The standard InChI is InChI=1S/C33H41FN2O5/c1-2-3-4-5-6-7-14-31(37)36(22-28-11-10-19-40-28)23-32(38)35(20-25-15-17-27(34)18-16-25)21-26-24-41-30-13-9-8-12-29(30)33(26)39/h8-9,12-13,15-18,24,28H,2-7,10-11,14,19-23H2,1H3. The van der Waals surface area contributed by atoms with Crippen molar-refractivity contribution < 1.29 is 23.1 Å². The summed E-state index contributed by atoms with van der Waals surface area (Å²) >= 11 is 0. The minimum absolute atomic E-state index is 0.00274. The zero-order chi connectivity index (χ0) is 29.0. The molecule has 0 aliphatic carbocycles. The number of rotatable bonds is 15. The van der Waals surface area contributed by atoms with Gasteiger partial charge in [-0.3, -0.25) is 14.4 Å². The maximum Gasteiger partial charge on any atom is 0.242 e. The fraction of sp³-hybridized carbons (Fsp3) is 0.485. The van der Waals surface area contributed by atoms with E-state index in [1.54, 1.807) is 41.3 Å². The van der Waals surface area contributed by atoms with Crippen LogP contribution in [-0.2, 0) is 27.4 Å². The van der Waals surface area contributed by atoms with Crippen LogP contribution in [0.5, 0.6) is 0 Å². The first kappa shape index (κ1) is 30.4. The predicted molar refractivity (Wildman–Crippen MR) is 157 cm³/mol. The number of carbonyl (C=O) groups is 2. The number of amides is 2. The lowest BCUT2D eigenvalue weighted by atomic mass is 10.1. The van der Waals surface area contributed by atoms with Gasteiger partial charge in [-0.25, -0.2) is 4.39 Å². The minimum Gasteiger partial charge on any atom is -0.464 e. The highest BCUT2D eigenvalue weighted by Crippen LogP contribution is 2.18. The molecule has 41 heavy (non-hydrogen) atoms. The summed E-state index contributed by atoms with van der Waals surface area (Å²) in [6.45, 7) is 3.24. The SMILES string of the molecule is CCCCCCCCC(=O)N(CC(=O)N(Cc1ccc(F)cc1)Cc1coc2ccccc2c1=O)CC1CCCO1. The lowest BCUT2D eigenvalue weighted by molar-refractivity contribution is -0.142. The lowest BCUT2D eigenvalue weighted by Crippen LogP contribution is -2.45. The van der Waals surface area contributed by atoms with Gasteiger partial charge in [0.05, 0.1) is 36.4 Å². The molecule has 1 atom stereocenters. The second-order valence-electron chi connectivity index (χ2n) is 10.9. The van der Waals surface area contributed by atoms with Crippen molar-refractivity contribution in [3.8, 4) is 0 Å². The Labute approximate surface area is 241 Å². The first-order chi connectivity index (χ1) is 19.9. The number of fused-ring (bicyclic) bond motifs is 1. The fourth-order valence-corrected chi connectivity index (χ4v) is 5.24. The fourth-order valence-electron chi connectivity index (χ4n) is 5.24. The van der Waals surface area contributed by atoms with Gasteiger partial charge in [-0.05, 0) is 49.1 Å². The molecule has 1 aliphatic heterocycles. The molecule has 3 aromatic rings. The van der Waals surface area contributed by atoms with Crippen molar-refractivity contribution in [2.24, 2.45) is 0 Å². The van der Waals surface area contributed by atoms with Crippen LogP contribution in [0, 0.1) is 5.82 Å². The van der Waals surface area contributed by atoms with Crippen LogP contribution in [0.1, 0.15) is 75.8 Å². The Kier molecular flexibility index (Phi) is 11.5. The van der Waals surface area contributed by atoms with Gasteiger partial charge in [0.2, 0.25) is 11.8 Å². The van der Waals surface area contributed by atoms with Gasteiger partial charge in [0.25, 0.3) is 0 Å². The molecule has 1 unspecified atom stereocenters. The Morgan fingerprint density at radius 2 is 1.68 bits per heavy atom. The van der Waals surface area contributed by atoms with Gasteiger partial charge in [-0.15, -0.1) is 0 Å². The average Bonchev–Trinajstić information content (AvgIpc) is 3.50. The van der Waals surface area contributed by atoms with Gasteiger partial charge >= 0.3 is 0 Å². The normalized spacial score (nSPS) is 14.8. The zero-order valence-corrected chi connectivity index (χ0v) is 24.0. The van der Waals surface area contributed by atoms with Crippen LogP contribution in [0.15, 0.2) is 64.0 Å². The minimum atomic E-state index is -0.371. The Bertz CT molecular complexity index is 1330. The molecule has 220 valence electrons. The van der Waals surface area contributed by atoms with Gasteiger partial charge in [0.15, 0.2) is 5.43 Å². The van der Waals surface area contributed by atoms with Crippen molar-refractivity contribution in [3.05, 3.63) is 82.0 Å². The highest BCUT2D eigenvalue weighted by atomic mass is 19.1. The number of carbonyl (C=O) groups excluding carboxylic acids is 2. The van der Waals surface area contributed by atoms with Crippen LogP contribution < -0.4 is 5.43 Å². The van der Waals surface area contributed by atoms with Crippen molar-refractivity contribution in [1.29, 1.82) is 0 Å². The Morgan fingerprint density at radius 3 is 2.44 bits per heavy atom. The molecular weight excluding hydrogens is 523 g/mol. The second-order valence-corrected chi connectivity index (χ2v) is 10.9. The summed E-state index contributed by atoms with van der Waals surface area (Å²) in [6, 6.07) is 12.9. The van der Waals surface area contributed by atoms with Gasteiger partial charge in [0.1, 0.15) is 11.4 Å². The topological polar surface area (TPSA) is 80.1 Å². The van der Waals surface area contributed by atoms with Gasteiger partial charge in [-0.1, -0.05) is 63.3 Å². The van der Waals surface area contributed by atoms with E-state index in [0.717, 1.165) is 32.1 Å². The van der Waals surface area contributed by atoms with Crippen molar-refractivity contribution in [2.75, 3.05) is 19.7 Å². The van der Waals surface area contributed by atoms with Crippen LogP contribution in [-0.4, -0.2) is 47.4 Å². The van der Waals surface area contributed by atoms with Gasteiger partial charge in [0, 0.05) is 26.1 Å². The molecule has 4 rings (SSSR count). The number of nitrogens with zero attached hydrogens (tertiary/aromatic N) is 2. The summed E-state index contributed by atoms with van der Waals surface area (Å²) in [5.74, 6) is -0.725. The highest BCUT2D eigenvalue weighted by molar-refractivity contribution is 5.85. The third-order valence-electron chi connectivity index (χ3n) is 7.62. The molecule has 0 N–H and O–H groups in total. The third kappa shape index (κ3) is 8.98. The number of hydrogen-bond donors (Lipinski definition) is 0. The smallest absolute Gasteiger partial charge is 0.242 e. The lowest BCUT2D eigenvalue weighted by Gasteiger charge is -2.29. The highest BCUT2D eigenvalue weighted by Gasteiger charge is 2.27. The number of benzene rings is 2. The summed E-state index contributed by atoms with van der Waals surface area (Å²) in [5.41, 5.74) is 1.32. The van der Waals surface area contributed by atoms with Crippen LogP contribution in [0.2, 0.25) is 0 Å².